The van der Waals surface area contributed by atoms with Crippen molar-refractivity contribution in [3.05, 3.63) is 0 Å². The summed E-state index contributed by atoms with van der Waals surface area (Å²) in [4.78, 5) is 42.2. The minimum absolute atomic E-state index is 0.531. The van der Waals surface area contributed by atoms with Gasteiger partial charge in [0.1, 0.15) is 17.8 Å². The molecule has 0 fully saturated rings. The molecule has 0 saturated heterocycles. The Morgan fingerprint density at radius 1 is 0.815 bits per heavy atom. The van der Waals surface area contributed by atoms with Crippen molar-refractivity contribution in [2.75, 3.05) is 13.7 Å². The molecule has 0 aromatic heterocycles. The molecule has 9 nitrogen and oxygen atoms in total. The first-order valence-electron chi connectivity index (χ1n) is 8.60. The molecule has 0 spiro atoms. The van der Waals surface area contributed by atoms with Gasteiger partial charge < -0.3 is 18.9 Å². The van der Waals surface area contributed by atoms with E-state index in [0.29, 0.717) is 0 Å². The van der Waals surface area contributed by atoms with Crippen LogP contribution in [0.5, 0.6) is 0 Å². The third-order valence-electron chi connectivity index (χ3n) is 2.45. The molecule has 1 amide bonds. The fourth-order valence-electron chi connectivity index (χ4n) is 1.62. The number of methoxy groups -OCH3 is 1. The zero-order valence-corrected chi connectivity index (χ0v) is 18.0. The van der Waals surface area contributed by atoms with Crippen LogP contribution in [0.4, 0.5) is 9.59 Å². The highest BCUT2D eigenvalue weighted by molar-refractivity contribution is 5.81. The first-order chi connectivity index (χ1) is 11.9. The van der Waals surface area contributed by atoms with Crippen LogP contribution in [0, 0.1) is 0 Å². The van der Waals surface area contributed by atoms with E-state index in [9.17, 15) is 14.4 Å². The van der Waals surface area contributed by atoms with E-state index in [1.165, 1.54) is 0 Å². The molecule has 0 N–H and O–H groups in total. The standard InChI is InChI=1S/C18H33NO8/c1-16(2,3)25-14(21)19(27-18(7,8)9)12(13(20)23-10)11-24-15(22)26-17(4,5)6/h12H,11H2,1-10H3. The molecular weight excluding hydrogens is 358 g/mol. The van der Waals surface area contributed by atoms with Gasteiger partial charge in [0.05, 0.1) is 12.7 Å². The average Bonchev–Trinajstić information content (AvgIpc) is 2.40. The highest BCUT2D eigenvalue weighted by atomic mass is 16.8. The van der Waals surface area contributed by atoms with Gasteiger partial charge in [-0.05, 0) is 62.3 Å². The van der Waals surface area contributed by atoms with E-state index in [1.54, 1.807) is 62.3 Å². The van der Waals surface area contributed by atoms with Crippen molar-refractivity contribution in [3.8, 4) is 0 Å². The Kier molecular flexibility index (Phi) is 8.56. The highest BCUT2D eigenvalue weighted by Gasteiger charge is 2.39. The number of ether oxygens (including phenoxy) is 4. The van der Waals surface area contributed by atoms with Crippen LogP contribution in [0.25, 0.3) is 0 Å². The monoisotopic (exact) mass is 391 g/mol. The van der Waals surface area contributed by atoms with Crippen molar-refractivity contribution in [3.63, 3.8) is 0 Å². The lowest BCUT2D eigenvalue weighted by Crippen LogP contribution is -2.52. The summed E-state index contributed by atoms with van der Waals surface area (Å²) < 4.78 is 20.0. The second-order valence-corrected chi connectivity index (χ2v) is 8.82. The lowest BCUT2D eigenvalue weighted by molar-refractivity contribution is -0.238. The summed E-state index contributed by atoms with van der Waals surface area (Å²) in [6.07, 6.45) is -1.91. The lowest BCUT2D eigenvalue weighted by Gasteiger charge is -2.35. The molecule has 27 heavy (non-hydrogen) atoms. The maximum Gasteiger partial charge on any atom is 0.508 e. The van der Waals surface area contributed by atoms with E-state index in [-0.39, 0.29) is 0 Å². The normalized spacial score (nSPS) is 13.4. The van der Waals surface area contributed by atoms with Gasteiger partial charge in [-0.3, -0.25) is 4.84 Å². The topological polar surface area (TPSA) is 101 Å². The van der Waals surface area contributed by atoms with Gasteiger partial charge in [-0.15, -0.1) is 0 Å². The second-order valence-electron chi connectivity index (χ2n) is 8.82. The van der Waals surface area contributed by atoms with E-state index >= 15 is 0 Å². The van der Waals surface area contributed by atoms with Gasteiger partial charge in [-0.1, -0.05) is 0 Å². The van der Waals surface area contributed by atoms with Gasteiger partial charge in [0.25, 0.3) is 0 Å². The molecule has 0 radical (unpaired) electrons. The summed E-state index contributed by atoms with van der Waals surface area (Å²) in [5.41, 5.74) is -2.44. The molecule has 0 aliphatic rings. The van der Waals surface area contributed by atoms with Crippen molar-refractivity contribution < 1.29 is 38.2 Å². The van der Waals surface area contributed by atoms with Crippen LogP contribution in [-0.2, 0) is 28.6 Å². The van der Waals surface area contributed by atoms with Gasteiger partial charge in [-0.25, -0.2) is 14.4 Å². The molecule has 0 rings (SSSR count). The first-order valence-corrected chi connectivity index (χ1v) is 8.60. The molecule has 0 aliphatic heterocycles. The molecule has 158 valence electrons. The number of rotatable bonds is 5. The van der Waals surface area contributed by atoms with Crippen LogP contribution in [0.15, 0.2) is 0 Å². The maximum atomic E-state index is 12.6. The van der Waals surface area contributed by atoms with E-state index < -0.39 is 47.7 Å². The number of amides is 1. The van der Waals surface area contributed by atoms with E-state index in [0.717, 1.165) is 12.2 Å². The third kappa shape index (κ3) is 11.3. The van der Waals surface area contributed by atoms with Crippen molar-refractivity contribution in [2.45, 2.75) is 85.2 Å². The molecule has 0 aliphatic carbocycles. The molecule has 9 heteroatoms. The van der Waals surface area contributed by atoms with Crippen molar-refractivity contribution >= 4 is 18.2 Å². The first kappa shape index (κ1) is 25.0. The number of nitrogens with zero attached hydrogens (tertiary/aromatic N) is 1. The molecule has 0 aromatic rings. The SMILES string of the molecule is COC(=O)C(COC(=O)OC(C)(C)C)N(OC(C)(C)C)C(=O)OC(C)(C)C. The van der Waals surface area contributed by atoms with Crippen molar-refractivity contribution in [1.29, 1.82) is 0 Å². The number of carbonyl (C=O) groups is 3. The molecule has 0 aromatic carbocycles. The Hall–Kier alpha value is -2.03. The van der Waals surface area contributed by atoms with E-state index in [4.69, 9.17) is 23.8 Å². The Balaban J connectivity index is 5.51. The van der Waals surface area contributed by atoms with Crippen LogP contribution in [0.1, 0.15) is 62.3 Å². The van der Waals surface area contributed by atoms with Crippen LogP contribution in [-0.4, -0.2) is 59.8 Å². The number of hydroxylamine groups is 2. The van der Waals surface area contributed by atoms with Crippen LogP contribution in [0.3, 0.4) is 0 Å². The smallest absolute Gasteiger partial charge is 0.467 e. The Labute approximate surface area is 161 Å². The van der Waals surface area contributed by atoms with Crippen LogP contribution in [0.2, 0.25) is 0 Å². The summed E-state index contributed by atoms with van der Waals surface area (Å²) in [5.74, 6) is -0.839. The van der Waals surface area contributed by atoms with Crippen LogP contribution >= 0.6 is 0 Å². The fourth-order valence-corrected chi connectivity index (χ4v) is 1.62. The minimum atomic E-state index is -1.38. The lowest BCUT2D eigenvalue weighted by atomic mass is 10.2. The Morgan fingerprint density at radius 3 is 1.67 bits per heavy atom. The fraction of sp³-hybridized carbons (Fsp3) is 0.833. The molecule has 0 heterocycles. The molecule has 0 bridgehead atoms. The van der Waals surface area contributed by atoms with Gasteiger partial charge in [-0.2, -0.15) is 5.06 Å². The van der Waals surface area contributed by atoms with Crippen molar-refractivity contribution in [2.24, 2.45) is 0 Å². The predicted molar refractivity (Wildman–Crippen MR) is 96.9 cm³/mol. The summed E-state index contributed by atoms with van der Waals surface area (Å²) in [6, 6.07) is -1.38. The second kappa shape index (κ2) is 9.25. The summed E-state index contributed by atoms with van der Waals surface area (Å²) in [5, 5.41) is 0.724. The third-order valence-corrected chi connectivity index (χ3v) is 2.45. The molecular formula is C18H33NO8. The summed E-state index contributed by atoms with van der Waals surface area (Å²) >= 11 is 0. The van der Waals surface area contributed by atoms with Crippen LogP contribution < -0.4 is 0 Å². The highest BCUT2D eigenvalue weighted by Crippen LogP contribution is 2.19. The zero-order chi connectivity index (χ0) is 21.6. The summed E-state index contributed by atoms with van der Waals surface area (Å²) in [7, 11) is 1.15. The van der Waals surface area contributed by atoms with Crippen molar-refractivity contribution in [1.82, 2.24) is 5.06 Å². The van der Waals surface area contributed by atoms with Gasteiger partial charge >= 0.3 is 18.2 Å². The molecule has 1 unspecified atom stereocenters. The number of hydrogen-bond acceptors (Lipinski definition) is 8. The van der Waals surface area contributed by atoms with Gasteiger partial charge in [0.15, 0.2) is 6.04 Å². The quantitative estimate of drug-likeness (QED) is 0.399. The van der Waals surface area contributed by atoms with E-state index in [2.05, 4.69) is 0 Å². The largest absolute Gasteiger partial charge is 0.508 e. The Bertz CT molecular complexity index is 525. The average molecular weight is 391 g/mol. The minimum Gasteiger partial charge on any atom is -0.467 e. The maximum absolute atomic E-state index is 12.6. The Morgan fingerprint density at radius 2 is 1.30 bits per heavy atom. The number of esters is 1. The number of hydrogen-bond donors (Lipinski definition) is 0. The predicted octanol–water partition coefficient (Wildman–Crippen LogP) is 3.45. The molecule has 1 atom stereocenters. The number of carbonyl (C=O) groups excluding carboxylic acids is 3. The zero-order valence-electron chi connectivity index (χ0n) is 18.0. The van der Waals surface area contributed by atoms with E-state index in [1.807, 2.05) is 0 Å². The van der Waals surface area contributed by atoms with Gasteiger partial charge in [0.2, 0.25) is 0 Å². The molecule has 0 saturated carbocycles. The van der Waals surface area contributed by atoms with Gasteiger partial charge in [0, 0.05) is 0 Å². The summed E-state index contributed by atoms with van der Waals surface area (Å²) in [6.45, 7) is 14.6.